The molecule has 1 saturated heterocycles. The van der Waals surface area contributed by atoms with Crippen molar-refractivity contribution in [1.29, 1.82) is 0 Å². The molecule has 3 heteroatoms. The average molecular weight is 281 g/mol. The van der Waals surface area contributed by atoms with Crippen LogP contribution >= 0.6 is 0 Å². The minimum Gasteiger partial charge on any atom is -0.507 e. The summed E-state index contributed by atoms with van der Waals surface area (Å²) in [6.45, 7) is 1.68. The third kappa shape index (κ3) is 2.92. The number of carbonyl (C=O) groups is 1. The number of nitrogens with zero attached hydrogens (tertiary/aromatic N) is 1. The lowest BCUT2D eigenvalue weighted by atomic mass is 10.0. The Balaban J connectivity index is 1.88. The van der Waals surface area contributed by atoms with Crippen molar-refractivity contribution < 1.29 is 9.90 Å². The van der Waals surface area contributed by atoms with E-state index in [9.17, 15) is 9.90 Å². The fourth-order valence-corrected chi connectivity index (χ4v) is 2.83. The van der Waals surface area contributed by atoms with Crippen LogP contribution < -0.4 is 0 Å². The summed E-state index contributed by atoms with van der Waals surface area (Å²) in [5.74, 6) is 0.235. The van der Waals surface area contributed by atoms with Gasteiger partial charge in [0, 0.05) is 24.7 Å². The maximum absolute atomic E-state index is 12.2. The Labute approximate surface area is 124 Å². The largest absolute Gasteiger partial charge is 0.507 e. The number of piperidine rings is 1. The number of phenolic OH excluding ortho intramolecular Hbond substituents is 1. The predicted octanol–water partition coefficient (Wildman–Crippen LogP) is 3.57. The summed E-state index contributed by atoms with van der Waals surface area (Å²) in [4.78, 5) is 14.1. The molecule has 0 unspecified atom stereocenters. The second kappa shape index (κ2) is 6.00. The summed E-state index contributed by atoms with van der Waals surface area (Å²) in [5, 5.41) is 12.1. The van der Waals surface area contributed by atoms with Gasteiger partial charge >= 0.3 is 0 Å². The van der Waals surface area contributed by atoms with E-state index in [0.29, 0.717) is 5.56 Å². The maximum atomic E-state index is 12.2. The third-order valence-corrected chi connectivity index (χ3v) is 4.01. The van der Waals surface area contributed by atoms with Crippen molar-refractivity contribution in [3.05, 3.63) is 48.0 Å². The first kappa shape index (κ1) is 13.7. The van der Waals surface area contributed by atoms with Gasteiger partial charge in [0.1, 0.15) is 5.75 Å². The molecule has 108 valence electrons. The highest BCUT2D eigenvalue weighted by Crippen LogP contribution is 2.28. The van der Waals surface area contributed by atoms with Crippen LogP contribution in [0.3, 0.4) is 0 Å². The Hall–Kier alpha value is -2.29. The van der Waals surface area contributed by atoms with Crippen molar-refractivity contribution in [3.63, 3.8) is 0 Å². The zero-order chi connectivity index (χ0) is 14.7. The van der Waals surface area contributed by atoms with Crippen LogP contribution in [0.25, 0.3) is 16.8 Å². The molecule has 1 aliphatic heterocycles. The lowest BCUT2D eigenvalue weighted by Gasteiger charge is -2.25. The molecule has 0 bridgehead atoms. The van der Waals surface area contributed by atoms with Crippen molar-refractivity contribution in [1.82, 2.24) is 4.90 Å². The number of fused-ring (bicyclic) bond motifs is 1. The Kier molecular flexibility index (Phi) is 3.91. The van der Waals surface area contributed by atoms with Gasteiger partial charge in [0.05, 0.1) is 0 Å². The Morgan fingerprint density at radius 2 is 1.81 bits per heavy atom. The topological polar surface area (TPSA) is 40.5 Å². The number of rotatable bonds is 2. The maximum Gasteiger partial charge on any atom is 0.246 e. The first-order valence-electron chi connectivity index (χ1n) is 7.43. The molecular formula is C18H19NO2. The van der Waals surface area contributed by atoms with Crippen LogP contribution in [-0.4, -0.2) is 29.0 Å². The monoisotopic (exact) mass is 281 g/mol. The summed E-state index contributed by atoms with van der Waals surface area (Å²) in [6, 6.07) is 11.4. The molecular weight excluding hydrogens is 262 g/mol. The van der Waals surface area contributed by atoms with Crippen molar-refractivity contribution in [3.8, 4) is 5.75 Å². The van der Waals surface area contributed by atoms with Crippen molar-refractivity contribution in [2.24, 2.45) is 0 Å². The molecule has 1 aliphatic rings. The molecule has 1 amide bonds. The normalized spacial score (nSPS) is 15.7. The van der Waals surface area contributed by atoms with Gasteiger partial charge in [0.25, 0.3) is 0 Å². The number of hydrogen-bond acceptors (Lipinski definition) is 2. The van der Waals surface area contributed by atoms with Crippen LogP contribution in [0.2, 0.25) is 0 Å². The minimum absolute atomic E-state index is 0.0297. The van der Waals surface area contributed by atoms with Gasteiger partial charge in [-0.25, -0.2) is 0 Å². The van der Waals surface area contributed by atoms with Crippen molar-refractivity contribution in [2.45, 2.75) is 19.3 Å². The number of amides is 1. The van der Waals surface area contributed by atoms with Gasteiger partial charge in [-0.15, -0.1) is 0 Å². The highest BCUT2D eigenvalue weighted by Gasteiger charge is 2.14. The van der Waals surface area contributed by atoms with Gasteiger partial charge in [0.2, 0.25) is 5.91 Å². The second-order valence-corrected chi connectivity index (χ2v) is 5.44. The number of likely N-dealkylation sites (tertiary alicyclic amines) is 1. The van der Waals surface area contributed by atoms with E-state index in [1.807, 2.05) is 35.2 Å². The summed E-state index contributed by atoms with van der Waals surface area (Å²) < 4.78 is 0. The van der Waals surface area contributed by atoms with Crippen LogP contribution in [0.1, 0.15) is 24.8 Å². The van der Waals surface area contributed by atoms with E-state index in [1.165, 1.54) is 6.42 Å². The Bertz CT molecular complexity index is 685. The summed E-state index contributed by atoms with van der Waals surface area (Å²) in [7, 11) is 0. The first-order valence-corrected chi connectivity index (χ1v) is 7.43. The van der Waals surface area contributed by atoms with Crippen molar-refractivity contribution >= 4 is 22.8 Å². The molecule has 1 N–H and O–H groups in total. The molecule has 1 heterocycles. The van der Waals surface area contributed by atoms with Gasteiger partial charge in [-0.2, -0.15) is 0 Å². The van der Waals surface area contributed by atoms with Crippen LogP contribution in [-0.2, 0) is 4.79 Å². The number of phenols is 1. The quantitative estimate of drug-likeness (QED) is 0.855. The highest BCUT2D eigenvalue weighted by molar-refractivity contribution is 5.98. The number of carbonyl (C=O) groups excluding carboxylic acids is 1. The zero-order valence-electron chi connectivity index (χ0n) is 12.0. The van der Waals surface area contributed by atoms with E-state index in [-0.39, 0.29) is 11.7 Å². The molecule has 0 atom stereocenters. The molecule has 3 nitrogen and oxygen atoms in total. The van der Waals surface area contributed by atoms with Crippen molar-refractivity contribution in [2.75, 3.05) is 13.1 Å². The summed E-state index contributed by atoms with van der Waals surface area (Å²) in [6.07, 6.45) is 6.68. The van der Waals surface area contributed by atoms with E-state index >= 15 is 0 Å². The average Bonchev–Trinajstić information content (AvgIpc) is 2.54. The third-order valence-electron chi connectivity index (χ3n) is 4.01. The van der Waals surface area contributed by atoms with Gasteiger partial charge in [-0.05, 0) is 42.2 Å². The lowest BCUT2D eigenvalue weighted by Crippen LogP contribution is -2.34. The molecule has 3 rings (SSSR count). The van der Waals surface area contributed by atoms with Gasteiger partial charge in [-0.1, -0.05) is 30.3 Å². The van der Waals surface area contributed by atoms with Gasteiger partial charge < -0.3 is 10.0 Å². The molecule has 0 radical (unpaired) electrons. The summed E-state index contributed by atoms with van der Waals surface area (Å²) in [5.41, 5.74) is 0.707. The Morgan fingerprint density at radius 3 is 2.62 bits per heavy atom. The van der Waals surface area contributed by atoms with Crippen LogP contribution in [0.15, 0.2) is 42.5 Å². The fourth-order valence-electron chi connectivity index (χ4n) is 2.83. The smallest absolute Gasteiger partial charge is 0.246 e. The number of aromatic hydroxyl groups is 1. The minimum atomic E-state index is 0.0297. The van der Waals surface area contributed by atoms with Gasteiger partial charge in [0.15, 0.2) is 0 Å². The van der Waals surface area contributed by atoms with E-state index in [4.69, 9.17) is 0 Å². The molecule has 0 aliphatic carbocycles. The summed E-state index contributed by atoms with van der Waals surface area (Å²) >= 11 is 0. The predicted molar refractivity (Wildman–Crippen MR) is 85.1 cm³/mol. The molecule has 2 aromatic carbocycles. The van der Waals surface area contributed by atoms with Gasteiger partial charge in [-0.3, -0.25) is 4.79 Å². The standard InChI is InChI=1S/C18H19NO2/c20-17-10-8-14-6-2-3-7-15(14)16(17)9-11-18(21)19-12-4-1-5-13-19/h2-3,6-11,20H,1,4-5,12-13H2. The molecule has 2 aromatic rings. The highest BCUT2D eigenvalue weighted by atomic mass is 16.3. The molecule has 21 heavy (non-hydrogen) atoms. The zero-order valence-corrected chi connectivity index (χ0v) is 12.0. The van der Waals surface area contributed by atoms with E-state index in [0.717, 1.165) is 36.7 Å². The first-order chi connectivity index (χ1) is 10.3. The number of hydrogen-bond donors (Lipinski definition) is 1. The number of benzene rings is 2. The SMILES string of the molecule is O=C(C=Cc1c(O)ccc2ccccc12)N1CCCCC1. The Morgan fingerprint density at radius 1 is 1.05 bits per heavy atom. The van der Waals surface area contributed by atoms with Crippen LogP contribution in [0.5, 0.6) is 5.75 Å². The molecule has 0 saturated carbocycles. The van der Waals surface area contributed by atoms with E-state index in [2.05, 4.69) is 0 Å². The van der Waals surface area contributed by atoms with Crippen LogP contribution in [0, 0.1) is 0 Å². The second-order valence-electron chi connectivity index (χ2n) is 5.44. The molecule has 1 fully saturated rings. The lowest BCUT2D eigenvalue weighted by molar-refractivity contribution is -0.126. The molecule has 0 spiro atoms. The van der Waals surface area contributed by atoms with Crippen LogP contribution in [0.4, 0.5) is 0 Å². The fraction of sp³-hybridized carbons (Fsp3) is 0.278. The molecule has 0 aromatic heterocycles. The van der Waals surface area contributed by atoms with E-state index < -0.39 is 0 Å². The van der Waals surface area contributed by atoms with E-state index in [1.54, 1.807) is 18.2 Å².